The Morgan fingerprint density at radius 3 is 2.86 bits per heavy atom. The van der Waals surface area contributed by atoms with E-state index in [9.17, 15) is 0 Å². The molecule has 14 heavy (non-hydrogen) atoms. The summed E-state index contributed by atoms with van der Waals surface area (Å²) in [5.41, 5.74) is 7.86. The molecule has 0 amide bonds. The molecule has 0 aliphatic carbocycles. The number of aryl methyl sites for hydroxylation is 1. The van der Waals surface area contributed by atoms with Gasteiger partial charge in [-0.3, -0.25) is 4.98 Å². The maximum atomic E-state index is 5.67. The third-order valence-corrected chi connectivity index (χ3v) is 2.20. The van der Waals surface area contributed by atoms with Crippen LogP contribution < -0.4 is 5.73 Å². The second kappa shape index (κ2) is 3.49. The second-order valence-corrected chi connectivity index (χ2v) is 3.16. The minimum atomic E-state index is 0.535. The lowest BCUT2D eigenvalue weighted by Crippen LogP contribution is -2.05. The predicted octanol–water partition coefficient (Wildman–Crippen LogP) is 1.22. The number of hydrogen-bond donors (Lipinski definition) is 1. The van der Waals surface area contributed by atoms with Crippen molar-refractivity contribution in [1.82, 2.24) is 14.5 Å². The van der Waals surface area contributed by atoms with Gasteiger partial charge in [-0.1, -0.05) is 6.07 Å². The van der Waals surface area contributed by atoms with Crippen molar-refractivity contribution in [3.8, 4) is 0 Å². The van der Waals surface area contributed by atoms with Gasteiger partial charge in [0.2, 0.25) is 0 Å². The average Bonchev–Trinajstić information content (AvgIpc) is 2.56. The Morgan fingerprint density at radius 2 is 2.21 bits per heavy atom. The summed E-state index contributed by atoms with van der Waals surface area (Å²) in [5.74, 6) is 0.535. The van der Waals surface area contributed by atoms with Crippen molar-refractivity contribution in [2.45, 2.75) is 13.5 Å². The number of anilines is 1. The number of aromatic nitrogens is 3. The second-order valence-electron chi connectivity index (χ2n) is 3.16. The van der Waals surface area contributed by atoms with Gasteiger partial charge in [0, 0.05) is 24.3 Å². The fraction of sp³-hybridized carbons (Fsp3) is 0.200. The fourth-order valence-electron chi connectivity index (χ4n) is 1.34. The molecule has 0 saturated carbocycles. The van der Waals surface area contributed by atoms with Crippen LogP contribution in [0.4, 0.5) is 5.95 Å². The molecule has 2 heterocycles. The van der Waals surface area contributed by atoms with Crippen molar-refractivity contribution in [3.63, 3.8) is 0 Å². The molecule has 0 bridgehead atoms. The van der Waals surface area contributed by atoms with Gasteiger partial charge in [0.1, 0.15) is 0 Å². The van der Waals surface area contributed by atoms with E-state index in [1.54, 1.807) is 12.4 Å². The van der Waals surface area contributed by atoms with Crippen molar-refractivity contribution in [3.05, 3.63) is 42.0 Å². The van der Waals surface area contributed by atoms with E-state index in [-0.39, 0.29) is 0 Å². The highest BCUT2D eigenvalue weighted by atomic mass is 15.1. The van der Waals surface area contributed by atoms with Crippen molar-refractivity contribution >= 4 is 5.95 Å². The van der Waals surface area contributed by atoms with Crippen LogP contribution in [-0.2, 0) is 6.54 Å². The van der Waals surface area contributed by atoms with Crippen molar-refractivity contribution in [1.29, 1.82) is 0 Å². The van der Waals surface area contributed by atoms with Crippen LogP contribution in [0.25, 0.3) is 0 Å². The molecule has 72 valence electrons. The van der Waals surface area contributed by atoms with Gasteiger partial charge < -0.3 is 10.3 Å². The zero-order valence-corrected chi connectivity index (χ0v) is 8.01. The van der Waals surface area contributed by atoms with E-state index in [1.807, 2.05) is 29.8 Å². The molecule has 0 saturated heterocycles. The van der Waals surface area contributed by atoms with Crippen LogP contribution in [0, 0.1) is 6.92 Å². The number of pyridine rings is 1. The number of nitrogen functional groups attached to an aromatic ring is 1. The Morgan fingerprint density at radius 1 is 1.36 bits per heavy atom. The lowest BCUT2D eigenvalue weighted by Gasteiger charge is -2.06. The zero-order chi connectivity index (χ0) is 9.97. The topological polar surface area (TPSA) is 56.7 Å². The Hall–Kier alpha value is -1.84. The molecule has 0 aromatic carbocycles. The van der Waals surface area contributed by atoms with Crippen LogP contribution >= 0.6 is 0 Å². The molecule has 0 unspecified atom stereocenters. The highest BCUT2D eigenvalue weighted by Crippen LogP contribution is 2.08. The van der Waals surface area contributed by atoms with Crippen molar-refractivity contribution in [2.24, 2.45) is 0 Å². The van der Waals surface area contributed by atoms with Crippen LogP contribution in [0.5, 0.6) is 0 Å². The first-order chi connectivity index (χ1) is 6.77. The van der Waals surface area contributed by atoms with Crippen LogP contribution in [0.15, 0.2) is 30.7 Å². The summed E-state index contributed by atoms with van der Waals surface area (Å²) < 4.78 is 1.89. The number of hydrogen-bond acceptors (Lipinski definition) is 3. The summed E-state index contributed by atoms with van der Waals surface area (Å²) in [4.78, 5) is 8.18. The standard InChI is InChI=1S/C10H12N4/c1-8-9(3-2-4-12-8)7-14-6-5-13-10(14)11/h2-6H,7H2,1H3,(H2,11,13). The Labute approximate surface area is 82.4 Å². The number of nitrogens with two attached hydrogens (primary N) is 1. The smallest absolute Gasteiger partial charge is 0.200 e. The molecule has 0 spiro atoms. The highest BCUT2D eigenvalue weighted by Gasteiger charge is 2.01. The molecule has 2 rings (SSSR count). The molecule has 0 radical (unpaired) electrons. The molecule has 2 aromatic heterocycles. The lowest BCUT2D eigenvalue weighted by molar-refractivity contribution is 0.798. The first kappa shape index (κ1) is 8.74. The summed E-state index contributed by atoms with van der Waals surface area (Å²) in [5, 5.41) is 0. The third-order valence-electron chi connectivity index (χ3n) is 2.20. The third kappa shape index (κ3) is 1.59. The maximum Gasteiger partial charge on any atom is 0.200 e. The molecule has 0 aliphatic rings. The minimum Gasteiger partial charge on any atom is -0.369 e. The van der Waals surface area contributed by atoms with E-state index in [2.05, 4.69) is 9.97 Å². The van der Waals surface area contributed by atoms with Crippen LogP contribution in [0.2, 0.25) is 0 Å². The van der Waals surface area contributed by atoms with Gasteiger partial charge in [0.05, 0.1) is 6.54 Å². The molecule has 4 heteroatoms. The van der Waals surface area contributed by atoms with Gasteiger partial charge in [-0.05, 0) is 18.6 Å². The molecule has 2 N–H and O–H groups in total. The molecule has 0 atom stereocenters. The van der Waals surface area contributed by atoms with Crippen LogP contribution in [0.3, 0.4) is 0 Å². The predicted molar refractivity (Wildman–Crippen MR) is 54.7 cm³/mol. The molecule has 0 aliphatic heterocycles. The number of imidazole rings is 1. The summed E-state index contributed by atoms with van der Waals surface area (Å²) in [6.07, 6.45) is 5.35. The summed E-state index contributed by atoms with van der Waals surface area (Å²) >= 11 is 0. The van der Waals surface area contributed by atoms with Gasteiger partial charge in [-0.25, -0.2) is 4.98 Å². The van der Waals surface area contributed by atoms with Crippen molar-refractivity contribution in [2.75, 3.05) is 5.73 Å². The monoisotopic (exact) mass is 188 g/mol. The van der Waals surface area contributed by atoms with E-state index >= 15 is 0 Å². The molecule has 2 aromatic rings. The van der Waals surface area contributed by atoms with Gasteiger partial charge >= 0.3 is 0 Å². The average molecular weight is 188 g/mol. The normalized spacial score (nSPS) is 10.4. The van der Waals surface area contributed by atoms with E-state index in [4.69, 9.17) is 5.73 Å². The highest BCUT2D eigenvalue weighted by molar-refractivity contribution is 5.23. The zero-order valence-electron chi connectivity index (χ0n) is 8.01. The number of rotatable bonds is 2. The lowest BCUT2D eigenvalue weighted by atomic mass is 10.2. The molecular formula is C10H12N4. The largest absolute Gasteiger partial charge is 0.369 e. The van der Waals surface area contributed by atoms with Crippen molar-refractivity contribution < 1.29 is 0 Å². The van der Waals surface area contributed by atoms with Gasteiger partial charge in [0.25, 0.3) is 0 Å². The van der Waals surface area contributed by atoms with Gasteiger partial charge in [0.15, 0.2) is 5.95 Å². The van der Waals surface area contributed by atoms with Gasteiger partial charge in [-0.15, -0.1) is 0 Å². The first-order valence-electron chi connectivity index (χ1n) is 4.44. The van der Waals surface area contributed by atoms with E-state index < -0.39 is 0 Å². The summed E-state index contributed by atoms with van der Waals surface area (Å²) in [7, 11) is 0. The van der Waals surface area contributed by atoms with Crippen LogP contribution in [-0.4, -0.2) is 14.5 Å². The van der Waals surface area contributed by atoms with E-state index in [1.165, 1.54) is 0 Å². The van der Waals surface area contributed by atoms with E-state index in [0.29, 0.717) is 5.95 Å². The number of nitrogens with zero attached hydrogens (tertiary/aromatic N) is 3. The maximum absolute atomic E-state index is 5.67. The quantitative estimate of drug-likeness (QED) is 0.770. The Bertz CT molecular complexity index is 433. The van der Waals surface area contributed by atoms with Gasteiger partial charge in [-0.2, -0.15) is 0 Å². The summed E-state index contributed by atoms with van der Waals surface area (Å²) in [6, 6.07) is 3.97. The fourth-order valence-corrected chi connectivity index (χ4v) is 1.34. The summed E-state index contributed by atoms with van der Waals surface area (Å²) in [6.45, 7) is 2.72. The first-order valence-corrected chi connectivity index (χ1v) is 4.44. The van der Waals surface area contributed by atoms with Crippen LogP contribution in [0.1, 0.15) is 11.3 Å². The molecular weight excluding hydrogens is 176 g/mol. The molecule has 0 fully saturated rings. The Balaban J connectivity index is 2.28. The van der Waals surface area contributed by atoms with E-state index in [0.717, 1.165) is 17.8 Å². The SMILES string of the molecule is Cc1ncccc1Cn1ccnc1N. The molecule has 4 nitrogen and oxygen atoms in total. The minimum absolute atomic E-state index is 0.535. The Kier molecular flexibility index (Phi) is 2.18.